The Morgan fingerprint density at radius 2 is 1.78 bits per heavy atom. The summed E-state index contributed by atoms with van der Waals surface area (Å²) in [5, 5.41) is 9.75. The minimum atomic E-state index is -3.24. The van der Waals surface area contributed by atoms with Gasteiger partial charge in [-0.25, -0.2) is 8.42 Å². The topological polar surface area (TPSA) is 71.3 Å². The Bertz CT molecular complexity index is 1330. The molecule has 3 aliphatic rings. The number of hydrogen-bond acceptors (Lipinski definition) is 6. The van der Waals surface area contributed by atoms with Crippen molar-refractivity contribution >= 4 is 27.4 Å². The van der Waals surface area contributed by atoms with Gasteiger partial charge in [0.05, 0.1) is 18.0 Å². The molecule has 6 rings (SSSR count). The standard InChI is InChI=1S/C23H24ClN5O2S/c1-27-13-17-12-18(24)6-7-20(17)29-21(14-27)25-26-22(29)28-10-8-23(9-11-28)19-5-3-2-4-16(19)15-32(23,30)31/h2-7,12H,8-11,13-15H2,1H3. The van der Waals surface area contributed by atoms with E-state index in [0.717, 1.165) is 40.7 Å². The smallest absolute Gasteiger partial charge is 0.231 e. The van der Waals surface area contributed by atoms with E-state index in [1.165, 1.54) is 0 Å². The molecule has 0 atom stereocenters. The highest BCUT2D eigenvalue weighted by Crippen LogP contribution is 2.49. The number of piperidine rings is 1. The fourth-order valence-corrected chi connectivity index (χ4v) is 8.07. The van der Waals surface area contributed by atoms with Gasteiger partial charge in [-0.15, -0.1) is 10.2 Å². The number of halogens is 1. The monoisotopic (exact) mass is 469 g/mol. The molecule has 0 N–H and O–H groups in total. The number of nitrogens with zero attached hydrogens (tertiary/aromatic N) is 5. The third kappa shape index (κ3) is 2.86. The lowest BCUT2D eigenvalue weighted by Crippen LogP contribution is -2.46. The van der Waals surface area contributed by atoms with Crippen LogP contribution >= 0.6 is 11.6 Å². The highest BCUT2D eigenvalue weighted by atomic mass is 35.5. The van der Waals surface area contributed by atoms with Gasteiger partial charge in [0.25, 0.3) is 0 Å². The number of benzene rings is 2. The molecule has 166 valence electrons. The molecule has 4 heterocycles. The quantitative estimate of drug-likeness (QED) is 0.544. The first kappa shape index (κ1) is 20.2. The summed E-state index contributed by atoms with van der Waals surface area (Å²) in [6, 6.07) is 13.7. The molecule has 9 heteroatoms. The summed E-state index contributed by atoms with van der Waals surface area (Å²) in [5.41, 5.74) is 4.10. The molecule has 0 radical (unpaired) electrons. The molecule has 0 saturated carbocycles. The van der Waals surface area contributed by atoms with E-state index in [-0.39, 0.29) is 5.75 Å². The summed E-state index contributed by atoms with van der Waals surface area (Å²) in [7, 11) is -1.18. The summed E-state index contributed by atoms with van der Waals surface area (Å²) >= 11 is 6.28. The van der Waals surface area contributed by atoms with E-state index in [2.05, 4.69) is 31.6 Å². The van der Waals surface area contributed by atoms with Crippen LogP contribution in [-0.4, -0.2) is 48.2 Å². The number of hydrogen-bond donors (Lipinski definition) is 0. The zero-order valence-electron chi connectivity index (χ0n) is 17.8. The first-order valence-corrected chi connectivity index (χ1v) is 12.9. The number of anilines is 1. The van der Waals surface area contributed by atoms with E-state index >= 15 is 0 Å². The number of fused-ring (bicyclic) bond motifs is 5. The van der Waals surface area contributed by atoms with Crippen molar-refractivity contribution in [3.63, 3.8) is 0 Å². The lowest BCUT2D eigenvalue weighted by Gasteiger charge is -2.39. The first-order chi connectivity index (χ1) is 15.4. The van der Waals surface area contributed by atoms with Gasteiger partial charge < -0.3 is 4.90 Å². The van der Waals surface area contributed by atoms with Gasteiger partial charge in [-0.05, 0) is 54.8 Å². The summed E-state index contributed by atoms with van der Waals surface area (Å²) in [6.45, 7) is 2.69. The number of sulfone groups is 1. The van der Waals surface area contributed by atoms with Crippen LogP contribution in [0.3, 0.4) is 0 Å². The van der Waals surface area contributed by atoms with Gasteiger partial charge in [-0.1, -0.05) is 35.9 Å². The molecule has 1 spiro atoms. The Kier molecular flexibility index (Phi) is 4.44. The maximum Gasteiger partial charge on any atom is 0.231 e. The predicted molar refractivity (Wildman–Crippen MR) is 124 cm³/mol. The van der Waals surface area contributed by atoms with Crippen LogP contribution in [0.5, 0.6) is 0 Å². The van der Waals surface area contributed by atoms with Crippen molar-refractivity contribution in [2.45, 2.75) is 36.4 Å². The average Bonchev–Trinajstić information content (AvgIpc) is 3.21. The summed E-state index contributed by atoms with van der Waals surface area (Å²) < 4.78 is 27.8. The zero-order chi connectivity index (χ0) is 22.1. The molecule has 3 aliphatic heterocycles. The molecule has 32 heavy (non-hydrogen) atoms. The summed E-state index contributed by atoms with van der Waals surface area (Å²) in [4.78, 5) is 4.38. The average molecular weight is 470 g/mol. The molecule has 1 aromatic heterocycles. The minimum absolute atomic E-state index is 0.143. The van der Waals surface area contributed by atoms with Crippen LogP contribution in [0.4, 0.5) is 5.95 Å². The second-order valence-corrected chi connectivity index (χ2v) is 11.8. The molecule has 1 fully saturated rings. The SMILES string of the molecule is CN1Cc2cc(Cl)ccc2-n2c(nnc2N2CCC3(CC2)c2ccccc2CS3(=O)=O)C1. The second kappa shape index (κ2) is 7.04. The van der Waals surface area contributed by atoms with Crippen molar-refractivity contribution in [3.05, 3.63) is 70.0 Å². The van der Waals surface area contributed by atoms with Crippen LogP contribution in [0.1, 0.15) is 35.4 Å². The number of aromatic nitrogens is 3. The van der Waals surface area contributed by atoms with Crippen LogP contribution in [0.2, 0.25) is 5.02 Å². The molecule has 1 saturated heterocycles. The molecular formula is C23H24ClN5O2S. The third-order valence-corrected chi connectivity index (χ3v) is 9.90. The maximum atomic E-state index is 13.2. The van der Waals surface area contributed by atoms with Crippen LogP contribution in [-0.2, 0) is 33.4 Å². The summed E-state index contributed by atoms with van der Waals surface area (Å²) in [6.07, 6.45) is 1.11. The van der Waals surface area contributed by atoms with Crippen molar-refractivity contribution < 1.29 is 8.42 Å². The maximum absolute atomic E-state index is 13.2. The van der Waals surface area contributed by atoms with Gasteiger partial charge in [0.2, 0.25) is 5.95 Å². The lowest BCUT2D eigenvalue weighted by atomic mass is 9.86. The Balaban J connectivity index is 1.37. The van der Waals surface area contributed by atoms with Gasteiger partial charge >= 0.3 is 0 Å². The van der Waals surface area contributed by atoms with Crippen molar-refractivity contribution in [2.24, 2.45) is 0 Å². The fraction of sp³-hybridized carbons (Fsp3) is 0.391. The molecule has 3 aromatic rings. The van der Waals surface area contributed by atoms with Gasteiger partial charge in [-0.3, -0.25) is 9.47 Å². The normalized spacial score (nSPS) is 21.1. The number of rotatable bonds is 1. The highest BCUT2D eigenvalue weighted by Gasteiger charge is 2.52. The van der Waals surface area contributed by atoms with Crippen molar-refractivity contribution in [3.8, 4) is 5.69 Å². The van der Waals surface area contributed by atoms with Gasteiger partial charge in [0.15, 0.2) is 15.7 Å². The van der Waals surface area contributed by atoms with Gasteiger partial charge in [0, 0.05) is 24.7 Å². The van der Waals surface area contributed by atoms with Crippen LogP contribution in [0, 0.1) is 0 Å². The van der Waals surface area contributed by atoms with Crippen LogP contribution in [0.15, 0.2) is 42.5 Å². The fourth-order valence-electron chi connectivity index (χ4n) is 5.60. The van der Waals surface area contributed by atoms with E-state index in [4.69, 9.17) is 11.6 Å². The Morgan fingerprint density at radius 1 is 1.00 bits per heavy atom. The Hall–Kier alpha value is -2.42. The molecule has 7 nitrogen and oxygen atoms in total. The van der Waals surface area contributed by atoms with Crippen molar-refractivity contribution in [2.75, 3.05) is 25.0 Å². The van der Waals surface area contributed by atoms with Crippen molar-refractivity contribution in [1.29, 1.82) is 0 Å². The molecular weight excluding hydrogens is 446 g/mol. The summed E-state index contributed by atoms with van der Waals surface area (Å²) in [5.74, 6) is 1.80. The van der Waals surface area contributed by atoms with Crippen molar-refractivity contribution in [1.82, 2.24) is 19.7 Å². The lowest BCUT2D eigenvalue weighted by molar-refractivity contribution is 0.315. The van der Waals surface area contributed by atoms with E-state index in [9.17, 15) is 8.42 Å². The van der Waals surface area contributed by atoms with Crippen LogP contribution < -0.4 is 4.90 Å². The van der Waals surface area contributed by atoms with Gasteiger partial charge in [0.1, 0.15) is 4.75 Å². The predicted octanol–water partition coefficient (Wildman–Crippen LogP) is 3.29. The Labute approximate surface area is 192 Å². The van der Waals surface area contributed by atoms with E-state index < -0.39 is 14.6 Å². The minimum Gasteiger partial charge on any atom is -0.340 e. The molecule has 0 aliphatic carbocycles. The van der Waals surface area contributed by atoms with Gasteiger partial charge in [-0.2, -0.15) is 0 Å². The largest absolute Gasteiger partial charge is 0.340 e. The second-order valence-electron chi connectivity index (χ2n) is 9.09. The molecule has 0 bridgehead atoms. The van der Waals surface area contributed by atoms with Crippen LogP contribution in [0.25, 0.3) is 5.69 Å². The first-order valence-electron chi connectivity index (χ1n) is 10.9. The Morgan fingerprint density at radius 3 is 2.59 bits per heavy atom. The molecule has 0 unspecified atom stereocenters. The highest BCUT2D eigenvalue weighted by molar-refractivity contribution is 7.92. The molecule has 0 amide bonds. The van der Waals surface area contributed by atoms with E-state index in [1.54, 1.807) is 0 Å². The van der Waals surface area contributed by atoms with E-state index in [1.807, 2.05) is 42.5 Å². The van der Waals surface area contributed by atoms with E-state index in [0.29, 0.717) is 37.5 Å². The zero-order valence-corrected chi connectivity index (χ0v) is 19.4. The molecule has 2 aromatic carbocycles. The third-order valence-electron chi connectivity index (χ3n) is 7.15.